The lowest BCUT2D eigenvalue weighted by molar-refractivity contribution is -0.645. The van der Waals surface area contributed by atoms with Gasteiger partial charge in [-0.15, -0.1) is 10.2 Å². The topological polar surface area (TPSA) is 66.4 Å². The molecule has 0 atom stereocenters. The van der Waals surface area contributed by atoms with E-state index >= 15 is 0 Å². The molecule has 7 heteroatoms. The first-order valence-corrected chi connectivity index (χ1v) is 8.09. The summed E-state index contributed by atoms with van der Waals surface area (Å²) >= 11 is 6.23. The molecule has 0 radical (unpaired) electrons. The summed E-state index contributed by atoms with van der Waals surface area (Å²) in [5.74, 6) is 0.426. The van der Waals surface area contributed by atoms with E-state index in [1.165, 1.54) is 0 Å². The molecule has 1 N–H and O–H groups in total. The van der Waals surface area contributed by atoms with Crippen LogP contribution in [0.25, 0.3) is 21.8 Å². The third kappa shape index (κ3) is 2.70. The minimum atomic E-state index is -0.214. The summed E-state index contributed by atoms with van der Waals surface area (Å²) in [5.41, 5.74) is 2.29. The van der Waals surface area contributed by atoms with Gasteiger partial charge in [-0.1, -0.05) is 35.9 Å². The summed E-state index contributed by atoms with van der Waals surface area (Å²) in [7, 11) is 3.89. The lowest BCUT2D eigenvalue weighted by Crippen LogP contribution is -2.25. The molecule has 2 aromatic carbocycles. The summed E-state index contributed by atoms with van der Waals surface area (Å²) < 4.78 is 3.94. The van der Waals surface area contributed by atoms with Crippen molar-refractivity contribution < 1.29 is 4.57 Å². The van der Waals surface area contributed by atoms with E-state index in [0.29, 0.717) is 16.5 Å². The van der Waals surface area contributed by atoms with Crippen molar-refractivity contribution in [1.29, 1.82) is 0 Å². The van der Waals surface area contributed by atoms with Crippen molar-refractivity contribution in [2.24, 2.45) is 24.3 Å². The van der Waals surface area contributed by atoms with Gasteiger partial charge in [-0.3, -0.25) is 4.79 Å². The van der Waals surface area contributed by atoms with Crippen LogP contribution in [-0.4, -0.2) is 9.55 Å². The molecule has 0 aliphatic rings. The Morgan fingerprint density at radius 2 is 1.96 bits per heavy atom. The van der Waals surface area contributed by atoms with E-state index in [4.69, 9.17) is 11.6 Å². The summed E-state index contributed by atoms with van der Waals surface area (Å²) in [5, 5.41) is 10.9. The van der Waals surface area contributed by atoms with Crippen molar-refractivity contribution in [1.82, 2.24) is 9.55 Å². The van der Waals surface area contributed by atoms with Gasteiger partial charge in [0.25, 0.3) is 0 Å². The first-order valence-electron chi connectivity index (χ1n) is 7.71. The molecule has 0 aliphatic heterocycles. The van der Waals surface area contributed by atoms with E-state index in [2.05, 4.69) is 15.2 Å². The van der Waals surface area contributed by atoms with Gasteiger partial charge in [0.15, 0.2) is 11.3 Å². The minimum Gasteiger partial charge on any atom is -0.305 e. The summed E-state index contributed by atoms with van der Waals surface area (Å²) in [4.78, 5) is 14.6. The Bertz CT molecular complexity index is 1210. The highest BCUT2D eigenvalue weighted by Gasteiger charge is 2.16. The molecule has 0 unspecified atom stereocenters. The van der Waals surface area contributed by atoms with Gasteiger partial charge in [-0.05, 0) is 11.5 Å². The standard InChI is InChI=1S/C18H14ClN5O/c1-23-10-24(2)17-14(8-12(19)9-15(17)23)21-22-18-13-6-4-3-5-11(13)7-16(25)20-18/h3-10H,1-2H3/p+1. The van der Waals surface area contributed by atoms with Gasteiger partial charge in [0, 0.05) is 22.5 Å². The number of H-pyrrole nitrogens is 1. The fraction of sp³-hybridized carbons (Fsp3) is 0.111. The minimum absolute atomic E-state index is 0.214. The van der Waals surface area contributed by atoms with Crippen molar-refractivity contribution in [3.63, 3.8) is 0 Å². The number of nitrogens with one attached hydrogen (secondary N) is 1. The number of rotatable bonds is 2. The van der Waals surface area contributed by atoms with Crippen LogP contribution in [-0.2, 0) is 14.1 Å². The molecule has 4 aromatic rings. The third-order valence-electron chi connectivity index (χ3n) is 4.12. The van der Waals surface area contributed by atoms with Crippen LogP contribution in [0, 0.1) is 0 Å². The number of pyridine rings is 1. The van der Waals surface area contributed by atoms with Gasteiger partial charge in [0.2, 0.25) is 17.4 Å². The molecule has 0 fully saturated rings. The van der Waals surface area contributed by atoms with Gasteiger partial charge in [-0.25, -0.2) is 9.13 Å². The third-order valence-corrected chi connectivity index (χ3v) is 4.33. The molecule has 0 bridgehead atoms. The molecule has 0 saturated heterocycles. The highest BCUT2D eigenvalue weighted by atomic mass is 35.5. The zero-order valence-corrected chi connectivity index (χ0v) is 14.4. The normalized spacial score (nSPS) is 11.8. The van der Waals surface area contributed by atoms with Crippen molar-refractivity contribution in [2.45, 2.75) is 0 Å². The SMILES string of the molecule is Cn1c[n+](C)c2c(N=Nc3[nH]c(=O)cc4ccccc34)cc(Cl)cc21. The van der Waals surface area contributed by atoms with E-state index in [9.17, 15) is 4.79 Å². The molecule has 0 spiro atoms. The first-order chi connectivity index (χ1) is 12.0. The lowest BCUT2D eigenvalue weighted by atomic mass is 10.2. The molecular weight excluding hydrogens is 338 g/mol. The van der Waals surface area contributed by atoms with Gasteiger partial charge in [0.05, 0.1) is 14.1 Å². The number of aromatic nitrogens is 3. The monoisotopic (exact) mass is 352 g/mol. The Morgan fingerprint density at radius 1 is 1.16 bits per heavy atom. The van der Waals surface area contributed by atoms with Gasteiger partial charge >= 0.3 is 0 Å². The number of fused-ring (bicyclic) bond motifs is 2. The maximum absolute atomic E-state index is 11.9. The van der Waals surface area contributed by atoms with Crippen LogP contribution in [0.15, 0.2) is 63.8 Å². The molecular formula is C18H15ClN5O+. The van der Waals surface area contributed by atoms with Crippen LogP contribution < -0.4 is 10.1 Å². The summed E-state index contributed by atoms with van der Waals surface area (Å²) in [6.07, 6.45) is 1.94. The second-order valence-corrected chi connectivity index (χ2v) is 6.34. The average molecular weight is 353 g/mol. The predicted octanol–water partition coefficient (Wildman–Crippen LogP) is 3.91. The number of nitrogens with zero attached hydrogens (tertiary/aromatic N) is 4. The number of imidazole rings is 1. The second kappa shape index (κ2) is 5.82. The largest absolute Gasteiger partial charge is 0.305 e. The lowest BCUT2D eigenvalue weighted by Gasteiger charge is -2.01. The Hall–Kier alpha value is -2.99. The smallest absolute Gasteiger partial charge is 0.250 e. The van der Waals surface area contributed by atoms with Crippen molar-refractivity contribution >= 4 is 44.9 Å². The number of hydrogen-bond donors (Lipinski definition) is 1. The molecule has 25 heavy (non-hydrogen) atoms. The van der Waals surface area contributed by atoms with Crippen LogP contribution >= 0.6 is 11.6 Å². The summed E-state index contributed by atoms with van der Waals surface area (Å²) in [6, 6.07) is 12.7. The van der Waals surface area contributed by atoms with E-state index in [-0.39, 0.29) is 5.56 Å². The van der Waals surface area contributed by atoms with Crippen molar-refractivity contribution in [3.8, 4) is 0 Å². The Labute approximate surface area is 148 Å². The fourth-order valence-electron chi connectivity index (χ4n) is 3.04. The van der Waals surface area contributed by atoms with Crippen molar-refractivity contribution in [3.05, 3.63) is 64.2 Å². The van der Waals surface area contributed by atoms with Gasteiger partial charge in [-0.2, -0.15) is 0 Å². The number of benzene rings is 2. The highest BCUT2D eigenvalue weighted by Crippen LogP contribution is 2.30. The number of halogens is 1. The van der Waals surface area contributed by atoms with Gasteiger partial charge in [0.1, 0.15) is 5.69 Å². The van der Waals surface area contributed by atoms with Crippen LogP contribution in [0.4, 0.5) is 11.5 Å². The van der Waals surface area contributed by atoms with E-state index < -0.39 is 0 Å². The molecule has 0 saturated carbocycles. The second-order valence-electron chi connectivity index (χ2n) is 5.90. The Balaban J connectivity index is 1.92. The number of aromatic amines is 1. The van der Waals surface area contributed by atoms with E-state index in [1.54, 1.807) is 12.1 Å². The molecule has 6 nitrogen and oxygen atoms in total. The van der Waals surface area contributed by atoms with E-state index in [1.807, 2.05) is 59.9 Å². The van der Waals surface area contributed by atoms with E-state index in [0.717, 1.165) is 21.8 Å². The maximum atomic E-state index is 11.9. The zero-order chi connectivity index (χ0) is 17.6. The van der Waals surface area contributed by atoms with Gasteiger partial charge < -0.3 is 4.98 Å². The molecule has 0 amide bonds. The number of hydrogen-bond acceptors (Lipinski definition) is 3. The summed E-state index contributed by atoms with van der Waals surface area (Å²) in [6.45, 7) is 0. The molecule has 4 rings (SSSR count). The van der Waals surface area contributed by atoms with Crippen LogP contribution in [0.5, 0.6) is 0 Å². The first kappa shape index (κ1) is 15.5. The highest BCUT2D eigenvalue weighted by molar-refractivity contribution is 6.31. The molecule has 0 aliphatic carbocycles. The average Bonchev–Trinajstić information content (AvgIpc) is 2.86. The van der Waals surface area contributed by atoms with Crippen molar-refractivity contribution in [2.75, 3.05) is 0 Å². The molecule has 2 heterocycles. The number of aryl methyl sites for hydroxylation is 2. The van der Waals surface area contributed by atoms with Crippen LogP contribution in [0.2, 0.25) is 5.02 Å². The Kier molecular flexibility index (Phi) is 3.62. The number of azo groups is 1. The molecule has 124 valence electrons. The zero-order valence-electron chi connectivity index (χ0n) is 13.7. The Morgan fingerprint density at radius 3 is 2.80 bits per heavy atom. The predicted molar refractivity (Wildman–Crippen MR) is 97.8 cm³/mol. The fourth-order valence-corrected chi connectivity index (χ4v) is 3.25. The maximum Gasteiger partial charge on any atom is 0.250 e. The molecule has 2 aromatic heterocycles. The quantitative estimate of drug-likeness (QED) is 0.431. The van der Waals surface area contributed by atoms with Crippen LogP contribution in [0.3, 0.4) is 0 Å². The van der Waals surface area contributed by atoms with Crippen LogP contribution in [0.1, 0.15) is 0 Å².